The zero-order chi connectivity index (χ0) is 26.5. The van der Waals surface area contributed by atoms with Crippen molar-refractivity contribution in [2.45, 2.75) is 62.9 Å². The summed E-state index contributed by atoms with van der Waals surface area (Å²) in [4.78, 5) is 18.5. The summed E-state index contributed by atoms with van der Waals surface area (Å²) in [7, 11) is -3.76. The van der Waals surface area contributed by atoms with E-state index >= 15 is 0 Å². The molecule has 0 N–H and O–H groups in total. The van der Waals surface area contributed by atoms with Crippen LogP contribution in [0.5, 0.6) is 0 Å². The molecular weight excluding hydrogens is 492 g/mol. The summed E-state index contributed by atoms with van der Waals surface area (Å²) in [6, 6.07) is 22.9. The third-order valence-electron chi connectivity index (χ3n) is 8.80. The minimum absolute atomic E-state index is 0.0521. The monoisotopic (exact) mass is 528 g/mol. The van der Waals surface area contributed by atoms with E-state index in [-0.39, 0.29) is 17.8 Å². The van der Waals surface area contributed by atoms with Gasteiger partial charge in [-0.1, -0.05) is 93.4 Å². The van der Waals surface area contributed by atoms with Gasteiger partial charge in [0.05, 0.1) is 18.0 Å². The van der Waals surface area contributed by atoms with E-state index in [1.165, 1.54) is 0 Å². The van der Waals surface area contributed by atoms with E-state index < -0.39 is 20.6 Å². The maximum atomic E-state index is 14.9. The van der Waals surface area contributed by atoms with Crippen LogP contribution >= 0.6 is 0 Å². The minimum atomic E-state index is -3.76. The highest BCUT2D eigenvalue weighted by Gasteiger charge is 2.64. The van der Waals surface area contributed by atoms with Crippen LogP contribution in [0.1, 0.15) is 79.0 Å². The fourth-order valence-electron chi connectivity index (χ4n) is 6.95. The number of unbranched alkanes of at least 4 members (excludes halogenated alkanes) is 2. The Labute approximate surface area is 226 Å². The van der Waals surface area contributed by atoms with E-state index in [9.17, 15) is 13.2 Å². The second kappa shape index (κ2) is 9.65. The first-order chi connectivity index (χ1) is 18.5. The predicted molar refractivity (Wildman–Crippen MR) is 152 cm³/mol. The summed E-state index contributed by atoms with van der Waals surface area (Å²) in [6.45, 7) is 6.05. The van der Waals surface area contributed by atoms with E-state index in [2.05, 4.69) is 11.8 Å². The van der Waals surface area contributed by atoms with Gasteiger partial charge in [0.1, 0.15) is 4.75 Å². The lowest BCUT2D eigenvalue weighted by Gasteiger charge is -2.51. The van der Waals surface area contributed by atoms with Crippen LogP contribution in [-0.2, 0) is 14.6 Å². The van der Waals surface area contributed by atoms with Crippen molar-refractivity contribution in [1.29, 1.82) is 0 Å². The Morgan fingerprint density at radius 3 is 1.97 bits per heavy atom. The number of benzene rings is 3. The summed E-state index contributed by atoms with van der Waals surface area (Å²) in [6.07, 6.45) is 4.26. The zero-order valence-electron chi connectivity index (χ0n) is 22.3. The highest BCUT2D eigenvalue weighted by atomic mass is 32.2. The molecule has 6 heteroatoms. The first kappa shape index (κ1) is 25.3. The molecule has 5 nitrogen and oxygen atoms in total. The third kappa shape index (κ3) is 3.46. The van der Waals surface area contributed by atoms with Gasteiger partial charge in [0.15, 0.2) is 9.84 Å². The molecule has 0 radical (unpaired) electrons. The molecule has 2 atom stereocenters. The highest BCUT2D eigenvalue weighted by molar-refractivity contribution is 7.92. The van der Waals surface area contributed by atoms with Gasteiger partial charge in [0.2, 0.25) is 0 Å². The van der Waals surface area contributed by atoms with Crippen molar-refractivity contribution in [1.82, 2.24) is 9.80 Å². The van der Waals surface area contributed by atoms with Crippen LogP contribution in [0.25, 0.3) is 11.1 Å². The Morgan fingerprint density at radius 1 is 0.816 bits per heavy atom. The van der Waals surface area contributed by atoms with Gasteiger partial charge >= 0.3 is 0 Å². The molecule has 38 heavy (non-hydrogen) atoms. The predicted octanol–water partition coefficient (Wildman–Crippen LogP) is 6.15. The number of carbonyl (C=O) groups excluding carboxylic acids is 1. The summed E-state index contributed by atoms with van der Waals surface area (Å²) in [5, 5.41) is 0. The molecule has 3 aromatic rings. The molecule has 1 aliphatic carbocycles. The molecular formula is C32H36N2O3S. The number of sulfone groups is 1. The number of fused-ring (bicyclic) bond motifs is 4. The van der Waals surface area contributed by atoms with Gasteiger partial charge in [-0.3, -0.25) is 9.69 Å². The summed E-state index contributed by atoms with van der Waals surface area (Å²) >= 11 is 0. The molecule has 3 aromatic carbocycles. The minimum Gasteiger partial charge on any atom is -0.313 e. The fraction of sp³-hybridized carbons (Fsp3) is 0.406. The van der Waals surface area contributed by atoms with Crippen LogP contribution in [0.4, 0.5) is 0 Å². The van der Waals surface area contributed by atoms with Crippen LogP contribution in [0, 0.1) is 0 Å². The van der Waals surface area contributed by atoms with Gasteiger partial charge in [0.25, 0.3) is 5.91 Å². The Hall–Kier alpha value is -2.96. The molecule has 2 aliphatic heterocycles. The first-order valence-corrected chi connectivity index (χ1v) is 15.7. The molecule has 2 unspecified atom stereocenters. The number of hydrogen-bond acceptors (Lipinski definition) is 4. The quantitative estimate of drug-likeness (QED) is 0.334. The maximum absolute atomic E-state index is 14.9. The van der Waals surface area contributed by atoms with Crippen LogP contribution < -0.4 is 0 Å². The third-order valence-corrected chi connectivity index (χ3v) is 11.3. The van der Waals surface area contributed by atoms with Crippen molar-refractivity contribution >= 4 is 15.7 Å². The van der Waals surface area contributed by atoms with Gasteiger partial charge in [-0.05, 0) is 53.1 Å². The van der Waals surface area contributed by atoms with Gasteiger partial charge in [-0.2, -0.15) is 0 Å². The molecule has 3 aliphatic rings. The molecule has 0 saturated carbocycles. The lowest BCUT2D eigenvalue weighted by molar-refractivity contribution is -0.0418. The van der Waals surface area contributed by atoms with Crippen molar-refractivity contribution in [3.8, 4) is 11.1 Å². The molecule has 198 valence electrons. The van der Waals surface area contributed by atoms with E-state index in [1.54, 1.807) is 0 Å². The summed E-state index contributed by atoms with van der Waals surface area (Å²) in [5.41, 5.74) is 4.97. The Bertz CT molecular complexity index is 1440. The lowest BCUT2D eigenvalue weighted by atomic mass is 9.83. The van der Waals surface area contributed by atoms with Crippen LogP contribution in [0.15, 0.2) is 72.8 Å². The van der Waals surface area contributed by atoms with Crippen molar-refractivity contribution < 1.29 is 13.2 Å². The largest absolute Gasteiger partial charge is 0.313 e. The summed E-state index contributed by atoms with van der Waals surface area (Å²) in [5.74, 6) is 0.0283. The van der Waals surface area contributed by atoms with Crippen LogP contribution in [-0.4, -0.2) is 49.1 Å². The molecule has 0 aromatic heterocycles. The fourth-order valence-corrected chi connectivity index (χ4v) is 9.54. The molecule has 6 rings (SSSR count). The molecule has 1 saturated heterocycles. The summed E-state index contributed by atoms with van der Waals surface area (Å²) < 4.78 is 28.5. The topological polar surface area (TPSA) is 57.7 Å². The molecule has 1 amide bonds. The smallest absolute Gasteiger partial charge is 0.256 e. The average Bonchev–Trinajstić information content (AvgIpc) is 3.38. The Balaban J connectivity index is 1.66. The Morgan fingerprint density at radius 2 is 1.39 bits per heavy atom. The van der Waals surface area contributed by atoms with E-state index in [0.29, 0.717) is 12.0 Å². The average molecular weight is 529 g/mol. The highest BCUT2D eigenvalue weighted by Crippen LogP contribution is 2.62. The lowest BCUT2D eigenvalue weighted by Crippen LogP contribution is -2.61. The van der Waals surface area contributed by atoms with Gasteiger partial charge in [0, 0.05) is 18.7 Å². The van der Waals surface area contributed by atoms with E-state index in [4.69, 9.17) is 0 Å². The van der Waals surface area contributed by atoms with Crippen molar-refractivity contribution in [2.24, 2.45) is 0 Å². The molecule has 2 heterocycles. The number of hydrogen-bond donors (Lipinski definition) is 0. The standard InChI is InChI=1S/C32H36N2O3S/c1-3-5-20-33-21-19-29(33)34-30(25-15-7-8-16-26(25)31(34)35)32(38(36,37)22-6-4-2)27-17-11-9-13-23(27)24-14-10-12-18-28(24)32/h7-18,29-30H,3-6,19-22H2,1-2H3. The normalized spacial score (nSPS) is 21.6. The number of rotatable bonds is 9. The molecule has 1 fully saturated rings. The maximum Gasteiger partial charge on any atom is 0.256 e. The van der Waals surface area contributed by atoms with Gasteiger partial charge < -0.3 is 4.90 Å². The van der Waals surface area contributed by atoms with Gasteiger partial charge in [-0.15, -0.1) is 0 Å². The van der Waals surface area contributed by atoms with Crippen molar-refractivity contribution in [2.75, 3.05) is 18.8 Å². The second-order valence-electron chi connectivity index (χ2n) is 10.9. The SMILES string of the molecule is CCCCN1CCC1N1C(=O)c2ccccc2C1C1(S(=O)(=O)CCCC)c2ccccc2-c2ccccc21. The number of carbonyl (C=O) groups is 1. The zero-order valence-corrected chi connectivity index (χ0v) is 23.1. The Kier molecular flexibility index (Phi) is 6.43. The van der Waals surface area contributed by atoms with Crippen LogP contribution in [0.2, 0.25) is 0 Å². The number of amides is 1. The first-order valence-electron chi connectivity index (χ1n) is 14.0. The van der Waals surface area contributed by atoms with E-state index in [1.807, 2.05) is 84.6 Å². The molecule has 0 spiro atoms. The number of likely N-dealkylation sites (tertiary alicyclic amines) is 1. The number of nitrogens with zero attached hydrogens (tertiary/aromatic N) is 2. The molecule has 0 bridgehead atoms. The van der Waals surface area contributed by atoms with Crippen LogP contribution in [0.3, 0.4) is 0 Å². The second-order valence-corrected chi connectivity index (χ2v) is 13.1. The van der Waals surface area contributed by atoms with Crippen molar-refractivity contribution in [3.63, 3.8) is 0 Å². The van der Waals surface area contributed by atoms with E-state index in [0.717, 1.165) is 66.6 Å². The van der Waals surface area contributed by atoms with Crippen molar-refractivity contribution in [3.05, 3.63) is 95.1 Å². The van der Waals surface area contributed by atoms with Gasteiger partial charge in [-0.25, -0.2) is 8.42 Å².